The molecule has 0 aliphatic carbocycles. The smallest absolute Gasteiger partial charge is 0.246 e. The van der Waals surface area contributed by atoms with Crippen molar-refractivity contribution in [3.63, 3.8) is 0 Å². The lowest BCUT2D eigenvalue weighted by molar-refractivity contribution is 0.669. The first-order chi connectivity index (χ1) is 7.01. The topological polar surface area (TPSA) is 43.6 Å². The van der Waals surface area contributed by atoms with E-state index in [-0.39, 0.29) is 0 Å². The van der Waals surface area contributed by atoms with Crippen LogP contribution in [-0.2, 0) is 0 Å². The third-order valence-corrected chi connectivity index (χ3v) is 15.8. The molecule has 12 heteroatoms. The molecule has 0 bridgehead atoms. The first-order valence-corrected chi connectivity index (χ1v) is 12.7. The van der Waals surface area contributed by atoms with E-state index < -0.39 is 19.3 Å². The van der Waals surface area contributed by atoms with Crippen molar-refractivity contribution >= 4 is 64.3 Å². The summed E-state index contributed by atoms with van der Waals surface area (Å²) in [7, 11) is 7.07. The average molecular weight is 365 g/mol. The van der Waals surface area contributed by atoms with Gasteiger partial charge >= 0.3 is 0 Å². The summed E-state index contributed by atoms with van der Waals surface area (Å²) in [4.78, 5) is 0. The maximum Gasteiger partial charge on any atom is 0.257 e. The van der Waals surface area contributed by atoms with Crippen molar-refractivity contribution in [1.82, 2.24) is 9.34 Å². The minimum atomic E-state index is -2.84. The highest BCUT2D eigenvalue weighted by atomic mass is 35.9. The molecule has 0 aromatic rings. The molecule has 0 amide bonds. The van der Waals surface area contributed by atoms with Crippen molar-refractivity contribution in [1.29, 1.82) is 0 Å². The Labute approximate surface area is 115 Å². The lowest BCUT2D eigenvalue weighted by Gasteiger charge is -2.31. The minimum absolute atomic E-state index is 1.70. The standard InChI is InChI=1S/C4H12Cl4N5P3/c1-12(2)15(7)9-14(5,6)10-16(8,11-15)13(3)4/h1-4H3/t15-,16-/m1/s1. The number of halogens is 4. The van der Waals surface area contributed by atoms with Gasteiger partial charge in [-0.3, -0.25) is 0 Å². The van der Waals surface area contributed by atoms with E-state index in [4.69, 9.17) is 45.0 Å². The van der Waals surface area contributed by atoms with Crippen LogP contribution in [0, 0.1) is 0 Å². The van der Waals surface area contributed by atoms with Crippen molar-refractivity contribution < 1.29 is 0 Å². The van der Waals surface area contributed by atoms with Crippen LogP contribution < -0.4 is 0 Å². The van der Waals surface area contributed by atoms with Crippen LogP contribution in [0.2, 0.25) is 0 Å². The zero-order chi connectivity index (χ0) is 12.8. The third-order valence-electron chi connectivity index (χ3n) is 1.69. The molecule has 1 heterocycles. The second-order valence-corrected chi connectivity index (χ2v) is 16.1. The summed E-state index contributed by atoms with van der Waals surface area (Å²) >= 11 is 24.8. The zero-order valence-corrected chi connectivity index (χ0v) is 14.8. The predicted octanol–water partition coefficient (Wildman–Crippen LogP) is 5.92. The molecule has 0 fully saturated rings. The molecule has 1 rings (SSSR count). The summed E-state index contributed by atoms with van der Waals surface area (Å²) in [5.74, 6) is -2.84. The fourth-order valence-corrected chi connectivity index (χ4v) is 16.5. The van der Waals surface area contributed by atoms with Crippen LogP contribution in [0.5, 0.6) is 0 Å². The van der Waals surface area contributed by atoms with Gasteiger partial charge in [0.1, 0.15) is 0 Å². The van der Waals surface area contributed by atoms with Gasteiger partial charge in [-0.2, -0.15) is 13.5 Å². The first-order valence-electron chi connectivity index (χ1n) is 4.06. The molecule has 0 unspecified atom stereocenters. The predicted molar refractivity (Wildman–Crippen MR) is 78.8 cm³/mol. The van der Waals surface area contributed by atoms with Gasteiger partial charge in [0.15, 0.2) is 0 Å². The second-order valence-electron chi connectivity index (χ2n) is 3.41. The first kappa shape index (κ1) is 15.8. The Morgan fingerprint density at radius 3 is 1.44 bits per heavy atom. The molecule has 2 atom stereocenters. The van der Waals surface area contributed by atoms with Gasteiger partial charge in [0.25, 0.3) is 5.91 Å². The number of rotatable bonds is 2. The van der Waals surface area contributed by atoms with E-state index in [0.717, 1.165) is 0 Å². The molecule has 0 radical (unpaired) electrons. The minimum Gasteiger partial charge on any atom is -0.246 e. The van der Waals surface area contributed by atoms with Crippen molar-refractivity contribution in [3.8, 4) is 0 Å². The van der Waals surface area contributed by atoms with Crippen LogP contribution >= 0.6 is 64.3 Å². The molecule has 1 aliphatic heterocycles. The van der Waals surface area contributed by atoms with Crippen LogP contribution in [0.4, 0.5) is 0 Å². The van der Waals surface area contributed by atoms with E-state index in [1.165, 1.54) is 0 Å². The van der Waals surface area contributed by atoms with Crippen LogP contribution in [0.15, 0.2) is 13.5 Å². The van der Waals surface area contributed by atoms with E-state index in [1.807, 2.05) is 0 Å². The molecule has 0 N–H and O–H groups in total. The monoisotopic (exact) mass is 363 g/mol. The van der Waals surface area contributed by atoms with Crippen LogP contribution in [0.1, 0.15) is 0 Å². The third kappa shape index (κ3) is 3.41. The Balaban J connectivity index is 3.56. The van der Waals surface area contributed by atoms with Gasteiger partial charge in [-0.15, -0.1) is 0 Å². The molecule has 0 aromatic heterocycles. The molecule has 96 valence electrons. The molecule has 5 nitrogen and oxygen atoms in total. The number of hydrogen-bond acceptors (Lipinski definition) is 5. The summed E-state index contributed by atoms with van der Waals surface area (Å²) in [5.41, 5.74) is 0. The molecule has 0 aromatic carbocycles. The Bertz CT molecular complexity index is 437. The molecule has 0 saturated carbocycles. The lowest BCUT2D eigenvalue weighted by atomic mass is 11.3. The number of hydrogen-bond donors (Lipinski definition) is 0. The lowest BCUT2D eigenvalue weighted by Crippen LogP contribution is -2.07. The Hall–Kier alpha value is 1.77. The molecular formula is C4H12Cl4N5P3. The summed E-state index contributed by atoms with van der Waals surface area (Å²) < 4.78 is 16.1. The van der Waals surface area contributed by atoms with Gasteiger partial charge in [0.2, 0.25) is 13.4 Å². The van der Waals surface area contributed by atoms with E-state index in [1.54, 1.807) is 37.5 Å². The highest BCUT2D eigenvalue weighted by molar-refractivity contribution is 8.17. The van der Waals surface area contributed by atoms with Crippen LogP contribution in [-0.4, -0.2) is 37.5 Å². The summed E-state index contributed by atoms with van der Waals surface area (Å²) in [5, 5.41) is 0. The molecule has 0 saturated heterocycles. The number of nitrogens with zero attached hydrogens (tertiary/aromatic N) is 5. The molecule has 16 heavy (non-hydrogen) atoms. The van der Waals surface area contributed by atoms with E-state index in [9.17, 15) is 0 Å². The van der Waals surface area contributed by atoms with Gasteiger partial charge < -0.3 is 0 Å². The quantitative estimate of drug-likeness (QED) is 0.571. The summed E-state index contributed by atoms with van der Waals surface area (Å²) in [6.07, 6.45) is 0. The van der Waals surface area contributed by atoms with Crippen molar-refractivity contribution in [2.45, 2.75) is 0 Å². The van der Waals surface area contributed by atoms with E-state index in [0.29, 0.717) is 0 Å². The second kappa shape index (κ2) is 5.04. The average Bonchev–Trinajstić information content (AvgIpc) is 1.98. The van der Waals surface area contributed by atoms with E-state index >= 15 is 0 Å². The molecular weight excluding hydrogens is 353 g/mol. The Morgan fingerprint density at radius 2 is 1.06 bits per heavy atom. The normalized spacial score (nSPS) is 37.9. The van der Waals surface area contributed by atoms with Gasteiger partial charge in [0, 0.05) is 0 Å². The van der Waals surface area contributed by atoms with Crippen LogP contribution in [0.3, 0.4) is 0 Å². The van der Waals surface area contributed by atoms with Crippen molar-refractivity contribution in [3.05, 3.63) is 0 Å². The van der Waals surface area contributed by atoms with Gasteiger partial charge in [-0.1, -0.05) is 0 Å². The van der Waals surface area contributed by atoms with Gasteiger partial charge in [-0.05, 0) is 73.2 Å². The summed E-state index contributed by atoms with van der Waals surface area (Å²) in [6.45, 7) is -5.22. The summed E-state index contributed by atoms with van der Waals surface area (Å²) in [6, 6.07) is 0. The van der Waals surface area contributed by atoms with Crippen LogP contribution in [0.25, 0.3) is 0 Å². The fourth-order valence-electron chi connectivity index (χ4n) is 0.792. The Kier molecular flexibility index (Phi) is 4.98. The highest BCUT2D eigenvalue weighted by Crippen LogP contribution is 2.85. The van der Waals surface area contributed by atoms with E-state index in [2.05, 4.69) is 13.5 Å². The van der Waals surface area contributed by atoms with Gasteiger partial charge in [-0.25, -0.2) is 9.34 Å². The SMILES string of the molecule is CN(C)[P@]1(Cl)=NP(Cl)(Cl)=N[P@@](Cl)(N(C)C)=N1. The molecule has 1 aliphatic rings. The van der Waals surface area contributed by atoms with Gasteiger partial charge in [0.05, 0.1) is 0 Å². The maximum atomic E-state index is 6.34. The zero-order valence-electron chi connectivity index (χ0n) is 9.09. The van der Waals surface area contributed by atoms with Crippen molar-refractivity contribution in [2.24, 2.45) is 13.5 Å². The maximum absolute atomic E-state index is 6.34. The van der Waals surface area contributed by atoms with Crippen molar-refractivity contribution in [2.75, 3.05) is 28.2 Å². The highest BCUT2D eigenvalue weighted by Gasteiger charge is 2.35. The molecule has 0 spiro atoms. The fraction of sp³-hybridized carbons (Fsp3) is 1.00. The Morgan fingerprint density at radius 1 is 0.688 bits per heavy atom. The largest absolute Gasteiger partial charge is 0.257 e.